The van der Waals surface area contributed by atoms with Gasteiger partial charge < -0.3 is 21.5 Å². The summed E-state index contributed by atoms with van der Waals surface area (Å²) in [5, 5.41) is 3.09. The second-order valence-corrected chi connectivity index (χ2v) is 3.64. The highest BCUT2D eigenvalue weighted by atomic mass is 16.5. The molecule has 2 unspecified atom stereocenters. The minimum Gasteiger partial charge on any atom is -0.378 e. The first kappa shape index (κ1) is 11.4. The van der Waals surface area contributed by atoms with Crippen LogP contribution >= 0.6 is 0 Å². The molecule has 0 aromatic rings. The standard InChI is InChI=1S/C9H19N3O2/c10-8(9(11)13)6-12-4-3-7-2-1-5-14-7/h7-8,12H,1-6,10H2,(H2,11,13). The molecule has 1 aliphatic heterocycles. The monoisotopic (exact) mass is 201 g/mol. The molecule has 0 aliphatic carbocycles. The zero-order valence-corrected chi connectivity index (χ0v) is 8.37. The Hall–Kier alpha value is -0.650. The van der Waals surface area contributed by atoms with Crippen LogP contribution in [0, 0.1) is 0 Å². The van der Waals surface area contributed by atoms with Crippen LogP contribution in [0.5, 0.6) is 0 Å². The highest BCUT2D eigenvalue weighted by molar-refractivity contribution is 5.79. The van der Waals surface area contributed by atoms with Crippen LogP contribution in [0.1, 0.15) is 19.3 Å². The fourth-order valence-corrected chi connectivity index (χ4v) is 1.49. The Balaban J connectivity index is 1.95. The fraction of sp³-hybridized carbons (Fsp3) is 0.889. The van der Waals surface area contributed by atoms with Crippen molar-refractivity contribution in [2.45, 2.75) is 31.4 Å². The second kappa shape index (κ2) is 5.95. The number of carbonyl (C=O) groups is 1. The lowest BCUT2D eigenvalue weighted by molar-refractivity contribution is -0.119. The van der Waals surface area contributed by atoms with Crippen LogP contribution in [-0.2, 0) is 9.53 Å². The van der Waals surface area contributed by atoms with E-state index in [4.69, 9.17) is 16.2 Å². The molecule has 14 heavy (non-hydrogen) atoms. The van der Waals surface area contributed by atoms with Crippen LogP contribution in [0.3, 0.4) is 0 Å². The molecule has 1 fully saturated rings. The molecular weight excluding hydrogens is 182 g/mol. The van der Waals surface area contributed by atoms with Crippen molar-refractivity contribution in [3.63, 3.8) is 0 Å². The normalized spacial score (nSPS) is 23.6. The maximum atomic E-state index is 10.6. The summed E-state index contributed by atoms with van der Waals surface area (Å²) in [6.45, 7) is 2.15. The van der Waals surface area contributed by atoms with E-state index in [9.17, 15) is 4.79 Å². The first-order chi connectivity index (χ1) is 6.70. The number of nitrogens with one attached hydrogen (secondary N) is 1. The number of nitrogens with two attached hydrogens (primary N) is 2. The van der Waals surface area contributed by atoms with Crippen LogP contribution in [0.2, 0.25) is 0 Å². The van der Waals surface area contributed by atoms with Gasteiger partial charge in [-0.05, 0) is 25.8 Å². The molecule has 1 saturated heterocycles. The van der Waals surface area contributed by atoms with Gasteiger partial charge >= 0.3 is 0 Å². The summed E-state index contributed by atoms with van der Waals surface area (Å²) in [6.07, 6.45) is 3.66. The Kier molecular flexibility index (Phi) is 4.86. The summed E-state index contributed by atoms with van der Waals surface area (Å²) in [7, 11) is 0. The van der Waals surface area contributed by atoms with Gasteiger partial charge in [0, 0.05) is 13.2 Å². The van der Waals surface area contributed by atoms with Crippen LogP contribution in [0.4, 0.5) is 0 Å². The molecule has 5 N–H and O–H groups in total. The van der Waals surface area contributed by atoms with E-state index in [0.717, 1.165) is 32.4 Å². The fourth-order valence-electron chi connectivity index (χ4n) is 1.49. The molecule has 1 rings (SSSR count). The molecule has 82 valence electrons. The van der Waals surface area contributed by atoms with E-state index in [2.05, 4.69) is 5.32 Å². The van der Waals surface area contributed by atoms with Crippen molar-refractivity contribution in [1.82, 2.24) is 5.32 Å². The lowest BCUT2D eigenvalue weighted by atomic mass is 10.2. The Labute approximate surface area is 84.2 Å². The van der Waals surface area contributed by atoms with Gasteiger partial charge in [0.2, 0.25) is 5.91 Å². The van der Waals surface area contributed by atoms with Crippen LogP contribution in [0.15, 0.2) is 0 Å². The number of ether oxygens (including phenoxy) is 1. The summed E-state index contributed by atoms with van der Waals surface area (Å²) in [6, 6.07) is -0.584. The van der Waals surface area contributed by atoms with E-state index in [1.54, 1.807) is 0 Å². The second-order valence-electron chi connectivity index (χ2n) is 3.64. The summed E-state index contributed by atoms with van der Waals surface area (Å²) in [4.78, 5) is 10.6. The SMILES string of the molecule is NC(=O)C(N)CNCCC1CCCO1. The van der Waals surface area contributed by atoms with Gasteiger partial charge in [0.25, 0.3) is 0 Å². The Morgan fingerprint density at radius 3 is 3.00 bits per heavy atom. The van der Waals surface area contributed by atoms with Crippen molar-refractivity contribution in [3.8, 4) is 0 Å². The Morgan fingerprint density at radius 2 is 2.43 bits per heavy atom. The Bertz CT molecular complexity index is 181. The molecule has 2 atom stereocenters. The minimum atomic E-state index is -0.584. The van der Waals surface area contributed by atoms with E-state index in [1.165, 1.54) is 0 Å². The lowest BCUT2D eigenvalue weighted by Crippen LogP contribution is -2.44. The summed E-state index contributed by atoms with van der Waals surface area (Å²) >= 11 is 0. The third-order valence-corrected chi connectivity index (χ3v) is 2.40. The summed E-state index contributed by atoms with van der Waals surface area (Å²) in [5.74, 6) is -0.463. The van der Waals surface area contributed by atoms with Crippen molar-refractivity contribution < 1.29 is 9.53 Å². The molecule has 0 saturated carbocycles. The average molecular weight is 201 g/mol. The van der Waals surface area contributed by atoms with Crippen molar-refractivity contribution in [1.29, 1.82) is 0 Å². The van der Waals surface area contributed by atoms with Gasteiger partial charge in [0.1, 0.15) is 0 Å². The lowest BCUT2D eigenvalue weighted by Gasteiger charge is -2.11. The quantitative estimate of drug-likeness (QED) is 0.479. The number of primary amides is 1. The van der Waals surface area contributed by atoms with Crippen molar-refractivity contribution >= 4 is 5.91 Å². The van der Waals surface area contributed by atoms with Gasteiger partial charge in [-0.1, -0.05) is 0 Å². The van der Waals surface area contributed by atoms with Crippen molar-refractivity contribution in [2.75, 3.05) is 19.7 Å². The first-order valence-corrected chi connectivity index (χ1v) is 5.07. The van der Waals surface area contributed by atoms with Gasteiger partial charge in [-0.25, -0.2) is 0 Å². The van der Waals surface area contributed by atoms with Crippen LogP contribution in [-0.4, -0.2) is 37.7 Å². The molecule has 0 spiro atoms. The van der Waals surface area contributed by atoms with Gasteiger partial charge in [-0.15, -0.1) is 0 Å². The summed E-state index contributed by atoms with van der Waals surface area (Å²) in [5.41, 5.74) is 10.5. The maximum Gasteiger partial charge on any atom is 0.235 e. The van der Waals surface area contributed by atoms with Crippen LogP contribution in [0.25, 0.3) is 0 Å². The third-order valence-electron chi connectivity index (χ3n) is 2.40. The van der Waals surface area contributed by atoms with E-state index < -0.39 is 11.9 Å². The highest BCUT2D eigenvalue weighted by Gasteiger charge is 2.15. The van der Waals surface area contributed by atoms with Gasteiger partial charge in [-0.2, -0.15) is 0 Å². The average Bonchev–Trinajstić information content (AvgIpc) is 2.64. The molecule has 0 aromatic carbocycles. The van der Waals surface area contributed by atoms with E-state index in [-0.39, 0.29) is 0 Å². The molecule has 0 radical (unpaired) electrons. The van der Waals surface area contributed by atoms with Gasteiger partial charge in [0.15, 0.2) is 0 Å². The van der Waals surface area contributed by atoms with E-state index in [1.807, 2.05) is 0 Å². The molecule has 0 bridgehead atoms. The zero-order valence-electron chi connectivity index (χ0n) is 8.37. The van der Waals surface area contributed by atoms with Crippen molar-refractivity contribution in [2.24, 2.45) is 11.5 Å². The van der Waals surface area contributed by atoms with Gasteiger partial charge in [0.05, 0.1) is 12.1 Å². The molecular formula is C9H19N3O2. The number of hydrogen-bond acceptors (Lipinski definition) is 4. The largest absolute Gasteiger partial charge is 0.378 e. The molecule has 1 aliphatic rings. The Morgan fingerprint density at radius 1 is 1.64 bits per heavy atom. The first-order valence-electron chi connectivity index (χ1n) is 5.07. The number of rotatable bonds is 6. The molecule has 5 heteroatoms. The predicted molar refractivity (Wildman–Crippen MR) is 53.6 cm³/mol. The number of hydrogen-bond donors (Lipinski definition) is 3. The highest BCUT2D eigenvalue weighted by Crippen LogP contribution is 2.14. The topological polar surface area (TPSA) is 90.4 Å². The minimum absolute atomic E-state index is 0.382. The smallest absolute Gasteiger partial charge is 0.235 e. The zero-order chi connectivity index (χ0) is 10.4. The maximum absolute atomic E-state index is 10.6. The molecule has 1 heterocycles. The third kappa shape index (κ3) is 4.04. The van der Waals surface area contributed by atoms with Gasteiger partial charge in [-0.3, -0.25) is 4.79 Å². The van der Waals surface area contributed by atoms with E-state index in [0.29, 0.717) is 12.6 Å². The molecule has 5 nitrogen and oxygen atoms in total. The molecule has 1 amide bonds. The molecule has 0 aromatic heterocycles. The predicted octanol–water partition coefficient (Wildman–Crippen LogP) is -1.04. The number of carbonyl (C=O) groups excluding carboxylic acids is 1. The number of amides is 1. The van der Waals surface area contributed by atoms with Crippen LogP contribution < -0.4 is 16.8 Å². The van der Waals surface area contributed by atoms with Crippen molar-refractivity contribution in [3.05, 3.63) is 0 Å². The van der Waals surface area contributed by atoms with E-state index >= 15 is 0 Å². The summed E-state index contributed by atoms with van der Waals surface area (Å²) < 4.78 is 5.44.